The second-order valence-electron chi connectivity index (χ2n) is 9.99. The van der Waals surface area contributed by atoms with Crippen LogP contribution >= 0.6 is 11.6 Å². The smallest absolute Gasteiger partial charge is 0.409 e. The van der Waals surface area contributed by atoms with Gasteiger partial charge in [0.05, 0.1) is 24.7 Å². The lowest BCUT2D eigenvalue weighted by molar-refractivity contribution is 0.0495. The van der Waals surface area contributed by atoms with Gasteiger partial charge in [0.1, 0.15) is 11.8 Å². The Bertz CT molecular complexity index is 1520. The fourth-order valence-corrected chi connectivity index (χ4v) is 4.66. The van der Waals surface area contributed by atoms with Gasteiger partial charge in [-0.3, -0.25) is 13.9 Å². The number of benzene rings is 1. The topological polar surface area (TPSA) is 118 Å². The summed E-state index contributed by atoms with van der Waals surface area (Å²) < 4.78 is 8.52. The Morgan fingerprint density at radius 1 is 1.24 bits per heavy atom. The molecule has 0 radical (unpaired) electrons. The zero-order chi connectivity index (χ0) is 27.4. The summed E-state index contributed by atoms with van der Waals surface area (Å²) in [5, 5.41) is 12.4. The average molecular weight is 536 g/mol. The van der Waals surface area contributed by atoms with Crippen LogP contribution in [0.25, 0.3) is 11.2 Å². The van der Waals surface area contributed by atoms with Gasteiger partial charge in [0.15, 0.2) is 11.2 Å². The summed E-state index contributed by atoms with van der Waals surface area (Å²) in [7, 11) is 0. The first kappa shape index (κ1) is 27.0. The molecule has 3 heterocycles. The number of piperidine rings is 1. The summed E-state index contributed by atoms with van der Waals surface area (Å²) in [6, 6.07) is 9.17. The van der Waals surface area contributed by atoms with Gasteiger partial charge in [0.25, 0.3) is 5.56 Å². The highest BCUT2D eigenvalue weighted by atomic mass is 35.5. The van der Waals surface area contributed by atoms with Crippen LogP contribution in [0.2, 0.25) is 5.28 Å². The molecule has 198 valence electrons. The number of carbonyl (C=O) groups is 1. The maximum atomic E-state index is 13.8. The quantitative estimate of drug-likeness (QED) is 0.387. The van der Waals surface area contributed by atoms with Gasteiger partial charge >= 0.3 is 6.09 Å². The van der Waals surface area contributed by atoms with Crippen molar-refractivity contribution in [3.8, 4) is 17.9 Å². The van der Waals surface area contributed by atoms with Gasteiger partial charge in [-0.2, -0.15) is 15.2 Å². The van der Waals surface area contributed by atoms with Crippen molar-refractivity contribution in [3.05, 3.63) is 51.0 Å². The second-order valence-corrected chi connectivity index (χ2v) is 10.3. The van der Waals surface area contributed by atoms with E-state index < -0.39 is 17.3 Å². The number of nitrogens with one attached hydrogen (secondary N) is 1. The highest BCUT2D eigenvalue weighted by molar-refractivity contribution is 6.28. The Kier molecular flexibility index (Phi) is 7.94. The minimum absolute atomic E-state index is 0.0323. The Morgan fingerprint density at radius 2 is 2.00 bits per heavy atom. The molecule has 0 spiro atoms. The number of imidazole rings is 1. The molecule has 1 aliphatic rings. The zero-order valence-electron chi connectivity index (χ0n) is 21.9. The third-order valence-electron chi connectivity index (χ3n) is 6.12. The van der Waals surface area contributed by atoms with Gasteiger partial charge in [0, 0.05) is 6.54 Å². The maximum absolute atomic E-state index is 13.8. The molecule has 0 saturated carbocycles. The SMILES string of the molecule is CC#CCn1c(N2CCCCC2NC(=O)OC(C)(C)C)nc2nc(Cl)n(Cc3ccccc3C#N)c(=O)c21. The van der Waals surface area contributed by atoms with Gasteiger partial charge in [-0.05, 0) is 70.2 Å². The molecule has 1 aliphatic heterocycles. The lowest BCUT2D eigenvalue weighted by Crippen LogP contribution is -2.52. The van der Waals surface area contributed by atoms with Crippen molar-refractivity contribution < 1.29 is 9.53 Å². The molecular weight excluding hydrogens is 506 g/mol. The molecular formula is C27H30ClN7O3. The third-order valence-corrected chi connectivity index (χ3v) is 6.41. The molecule has 1 atom stereocenters. The molecule has 4 rings (SSSR count). The predicted molar refractivity (Wildman–Crippen MR) is 145 cm³/mol. The predicted octanol–water partition coefficient (Wildman–Crippen LogP) is 4.03. The summed E-state index contributed by atoms with van der Waals surface area (Å²) in [6.45, 7) is 8.04. The molecule has 2 aromatic heterocycles. The number of fused-ring (bicyclic) bond motifs is 1. The Labute approximate surface area is 226 Å². The average Bonchev–Trinajstić information content (AvgIpc) is 3.22. The largest absolute Gasteiger partial charge is 0.444 e. The number of carbonyl (C=O) groups excluding carboxylic acids is 1. The molecule has 1 fully saturated rings. The normalized spacial score (nSPS) is 15.5. The number of hydrogen-bond donors (Lipinski definition) is 1. The summed E-state index contributed by atoms with van der Waals surface area (Å²) in [6.07, 6.45) is 1.58. The van der Waals surface area contributed by atoms with E-state index in [-0.39, 0.29) is 35.7 Å². The van der Waals surface area contributed by atoms with E-state index in [4.69, 9.17) is 21.3 Å². The van der Waals surface area contributed by atoms with E-state index in [1.54, 1.807) is 35.8 Å². The van der Waals surface area contributed by atoms with Crippen LogP contribution in [0.1, 0.15) is 58.1 Å². The summed E-state index contributed by atoms with van der Waals surface area (Å²) in [5.41, 5.74) is 0.521. The van der Waals surface area contributed by atoms with E-state index in [0.29, 0.717) is 30.0 Å². The van der Waals surface area contributed by atoms with Crippen molar-refractivity contribution in [2.45, 2.75) is 71.8 Å². The summed E-state index contributed by atoms with van der Waals surface area (Å²) in [4.78, 5) is 37.5. The molecule has 38 heavy (non-hydrogen) atoms. The first-order valence-electron chi connectivity index (χ1n) is 12.4. The van der Waals surface area contributed by atoms with Gasteiger partial charge in [0.2, 0.25) is 11.2 Å². The van der Waals surface area contributed by atoms with E-state index in [9.17, 15) is 14.9 Å². The number of hydrogen-bond acceptors (Lipinski definition) is 7. The summed E-state index contributed by atoms with van der Waals surface area (Å²) >= 11 is 6.47. The minimum atomic E-state index is -0.636. The van der Waals surface area contributed by atoms with E-state index in [2.05, 4.69) is 28.2 Å². The first-order chi connectivity index (χ1) is 18.1. The minimum Gasteiger partial charge on any atom is -0.444 e. The van der Waals surface area contributed by atoms with Crippen molar-refractivity contribution >= 4 is 34.8 Å². The number of ether oxygens (including phenoxy) is 1. The number of alkyl carbamates (subject to hydrolysis) is 1. The number of anilines is 1. The van der Waals surface area contributed by atoms with Crippen LogP contribution in [0, 0.1) is 23.2 Å². The molecule has 0 bridgehead atoms. The van der Waals surface area contributed by atoms with Gasteiger partial charge in [-0.1, -0.05) is 24.1 Å². The van der Waals surface area contributed by atoms with E-state index in [1.807, 2.05) is 25.7 Å². The highest BCUT2D eigenvalue weighted by Crippen LogP contribution is 2.27. The monoisotopic (exact) mass is 535 g/mol. The van der Waals surface area contributed by atoms with Crippen molar-refractivity contribution in [2.75, 3.05) is 11.4 Å². The van der Waals surface area contributed by atoms with Crippen LogP contribution in [0.3, 0.4) is 0 Å². The molecule has 1 amide bonds. The molecule has 11 heteroatoms. The van der Waals surface area contributed by atoms with Gasteiger partial charge in [-0.15, -0.1) is 5.92 Å². The summed E-state index contributed by atoms with van der Waals surface area (Å²) in [5.74, 6) is 6.36. The number of amides is 1. The first-order valence-corrected chi connectivity index (χ1v) is 12.8. The van der Waals surface area contributed by atoms with Gasteiger partial charge < -0.3 is 15.0 Å². The fourth-order valence-electron chi connectivity index (χ4n) is 4.44. The molecule has 3 aromatic rings. The van der Waals surface area contributed by atoms with Crippen LogP contribution in [-0.4, -0.2) is 43.5 Å². The molecule has 0 aliphatic carbocycles. The highest BCUT2D eigenvalue weighted by Gasteiger charge is 2.31. The second kappa shape index (κ2) is 11.2. The lowest BCUT2D eigenvalue weighted by Gasteiger charge is -2.37. The zero-order valence-corrected chi connectivity index (χ0v) is 22.7. The van der Waals surface area contributed by atoms with Crippen molar-refractivity contribution in [3.63, 3.8) is 0 Å². The molecule has 1 N–H and O–H groups in total. The molecule has 1 unspecified atom stereocenters. The van der Waals surface area contributed by atoms with Crippen molar-refractivity contribution in [1.29, 1.82) is 5.26 Å². The Morgan fingerprint density at radius 3 is 2.71 bits per heavy atom. The molecule has 10 nitrogen and oxygen atoms in total. The lowest BCUT2D eigenvalue weighted by atomic mass is 10.1. The van der Waals surface area contributed by atoms with Gasteiger partial charge in [-0.25, -0.2) is 4.79 Å². The van der Waals surface area contributed by atoms with Crippen molar-refractivity contribution in [2.24, 2.45) is 0 Å². The van der Waals surface area contributed by atoms with Crippen LogP contribution in [0.4, 0.5) is 10.7 Å². The van der Waals surface area contributed by atoms with Crippen LogP contribution in [0.5, 0.6) is 0 Å². The number of rotatable bonds is 5. The number of nitrogens with zero attached hydrogens (tertiary/aromatic N) is 6. The van der Waals surface area contributed by atoms with Crippen LogP contribution in [-0.2, 0) is 17.8 Å². The number of halogens is 1. The van der Waals surface area contributed by atoms with Crippen molar-refractivity contribution in [1.82, 2.24) is 24.4 Å². The van der Waals surface area contributed by atoms with E-state index in [0.717, 1.165) is 12.8 Å². The standard InChI is InChI=1S/C27H30ClN7O3/c1-5-6-14-34-21-22(31-24(28)35(23(21)36)17-19-12-8-7-11-18(19)16-29)32-25(34)33-15-10-9-13-20(33)30-26(37)38-27(2,3)4/h7-8,11-12,20H,9-10,13-15,17H2,1-4H3,(H,30,37). The number of aromatic nitrogens is 4. The third kappa shape index (κ3) is 5.76. The van der Waals surface area contributed by atoms with E-state index in [1.165, 1.54) is 4.57 Å². The fraction of sp³-hybridized carbons (Fsp3) is 0.444. The Hall–Kier alpha value is -4.02. The van der Waals surface area contributed by atoms with E-state index >= 15 is 0 Å². The van der Waals surface area contributed by atoms with Crippen LogP contribution < -0.4 is 15.8 Å². The Balaban J connectivity index is 1.80. The number of nitriles is 1. The molecule has 1 saturated heterocycles. The van der Waals surface area contributed by atoms with Crippen LogP contribution in [0.15, 0.2) is 29.1 Å². The molecule has 1 aromatic carbocycles. The maximum Gasteiger partial charge on any atom is 0.409 e.